The van der Waals surface area contributed by atoms with E-state index in [0.717, 1.165) is 33.1 Å². The fraction of sp³-hybridized carbons (Fsp3) is 0.0909. The van der Waals surface area contributed by atoms with Crippen LogP contribution in [0.25, 0.3) is 38.8 Å². The molecule has 0 aliphatic heterocycles. The van der Waals surface area contributed by atoms with Gasteiger partial charge in [0, 0.05) is 36.5 Å². The smallest absolute Gasteiger partial charge is 0.333 e. The van der Waals surface area contributed by atoms with Crippen LogP contribution in [0.1, 0.15) is 0 Å². The van der Waals surface area contributed by atoms with Gasteiger partial charge in [-0.2, -0.15) is 0 Å². The maximum atomic E-state index is 13.0. The quantitative estimate of drug-likeness (QED) is 0.478. The van der Waals surface area contributed by atoms with Crippen LogP contribution in [0.2, 0.25) is 0 Å². The van der Waals surface area contributed by atoms with Crippen LogP contribution in [0.5, 0.6) is 5.88 Å². The first-order chi connectivity index (χ1) is 14.2. The third kappa shape index (κ3) is 2.67. The summed E-state index contributed by atoms with van der Waals surface area (Å²) in [6.45, 7) is 0. The first-order valence-electron chi connectivity index (χ1n) is 9.08. The number of nitrogens with zero attached hydrogens (tertiary/aromatic N) is 5. The molecule has 0 aliphatic rings. The molecule has 0 radical (unpaired) electrons. The zero-order valence-corrected chi connectivity index (χ0v) is 15.9. The number of imidazole rings is 1. The predicted octanol–water partition coefficient (Wildman–Crippen LogP) is 3.34. The van der Waals surface area contributed by atoms with Gasteiger partial charge in [0.1, 0.15) is 0 Å². The molecule has 7 heteroatoms. The maximum Gasteiger partial charge on any atom is 0.333 e. The molecule has 1 aromatic carbocycles. The van der Waals surface area contributed by atoms with E-state index in [1.807, 2.05) is 42.5 Å². The summed E-state index contributed by atoms with van der Waals surface area (Å²) in [4.78, 5) is 26.0. The number of hydrogen-bond acceptors (Lipinski definition) is 5. The third-order valence-electron chi connectivity index (χ3n) is 5.07. The van der Waals surface area contributed by atoms with Crippen molar-refractivity contribution >= 4 is 21.9 Å². The van der Waals surface area contributed by atoms with Crippen LogP contribution in [0, 0.1) is 0 Å². The summed E-state index contributed by atoms with van der Waals surface area (Å²) in [6, 6.07) is 13.5. The molecule has 4 heterocycles. The summed E-state index contributed by atoms with van der Waals surface area (Å²) in [5.41, 5.74) is 4.89. The van der Waals surface area contributed by atoms with E-state index < -0.39 is 0 Å². The van der Waals surface area contributed by atoms with Crippen LogP contribution in [-0.4, -0.2) is 31.2 Å². The topological polar surface area (TPSA) is 74.8 Å². The first-order valence-corrected chi connectivity index (χ1v) is 9.08. The molecule has 0 saturated carbocycles. The van der Waals surface area contributed by atoms with Crippen LogP contribution in [-0.2, 0) is 7.05 Å². The Morgan fingerprint density at radius 1 is 0.966 bits per heavy atom. The molecule has 0 fully saturated rings. The van der Waals surface area contributed by atoms with Gasteiger partial charge in [0.05, 0.1) is 41.7 Å². The van der Waals surface area contributed by atoms with Crippen LogP contribution in [0.3, 0.4) is 0 Å². The Morgan fingerprint density at radius 3 is 2.55 bits per heavy atom. The van der Waals surface area contributed by atoms with E-state index in [4.69, 9.17) is 4.74 Å². The molecule has 7 nitrogen and oxygen atoms in total. The Labute approximate surface area is 165 Å². The SMILES string of the molecule is COc1ccc(-c2ccc3ncc4c(c3c2)n(-c2cccnc2)c(=O)n4C)cn1. The number of aromatic nitrogens is 5. The van der Waals surface area contributed by atoms with E-state index >= 15 is 0 Å². The molecule has 4 aromatic heterocycles. The average molecular weight is 383 g/mol. The lowest BCUT2D eigenvalue weighted by atomic mass is 10.0. The van der Waals surface area contributed by atoms with Gasteiger partial charge in [0.15, 0.2) is 0 Å². The maximum absolute atomic E-state index is 13.0. The predicted molar refractivity (Wildman–Crippen MR) is 111 cm³/mol. The van der Waals surface area contributed by atoms with Crippen molar-refractivity contribution in [2.24, 2.45) is 7.05 Å². The van der Waals surface area contributed by atoms with Crippen LogP contribution in [0.15, 0.2) is 72.0 Å². The highest BCUT2D eigenvalue weighted by molar-refractivity contribution is 6.04. The van der Waals surface area contributed by atoms with Gasteiger partial charge in [-0.25, -0.2) is 9.78 Å². The highest BCUT2D eigenvalue weighted by atomic mass is 16.5. The lowest BCUT2D eigenvalue weighted by Gasteiger charge is -2.08. The van der Waals surface area contributed by atoms with Crippen molar-refractivity contribution in [1.82, 2.24) is 24.1 Å². The molecule has 0 saturated heterocycles. The number of fused-ring (bicyclic) bond motifs is 3. The minimum Gasteiger partial charge on any atom is -0.481 e. The fourth-order valence-electron chi connectivity index (χ4n) is 3.57. The molecule has 0 atom stereocenters. The Balaban J connectivity index is 1.83. The number of aryl methyl sites for hydroxylation is 1. The van der Waals surface area contributed by atoms with Crippen LogP contribution < -0.4 is 10.4 Å². The molecule has 0 unspecified atom stereocenters. The second-order valence-corrected chi connectivity index (χ2v) is 6.70. The zero-order chi connectivity index (χ0) is 20.0. The number of ether oxygens (including phenoxy) is 1. The van der Waals surface area contributed by atoms with Gasteiger partial charge in [0.2, 0.25) is 5.88 Å². The number of methoxy groups -OCH3 is 1. The molecule has 0 amide bonds. The second-order valence-electron chi connectivity index (χ2n) is 6.70. The highest BCUT2D eigenvalue weighted by Gasteiger charge is 2.16. The molecule has 5 aromatic rings. The third-order valence-corrected chi connectivity index (χ3v) is 5.07. The molecule has 0 spiro atoms. The largest absolute Gasteiger partial charge is 0.481 e. The van der Waals surface area contributed by atoms with E-state index in [1.165, 1.54) is 0 Å². The monoisotopic (exact) mass is 383 g/mol. The summed E-state index contributed by atoms with van der Waals surface area (Å²) < 4.78 is 8.44. The molecule has 142 valence electrons. The summed E-state index contributed by atoms with van der Waals surface area (Å²) in [5, 5.41) is 0.886. The molecular weight excluding hydrogens is 366 g/mol. The zero-order valence-electron chi connectivity index (χ0n) is 15.9. The van der Waals surface area contributed by atoms with Gasteiger partial charge in [-0.1, -0.05) is 6.07 Å². The summed E-state index contributed by atoms with van der Waals surface area (Å²) in [5.74, 6) is 0.562. The van der Waals surface area contributed by atoms with Crippen molar-refractivity contribution in [1.29, 1.82) is 0 Å². The minimum atomic E-state index is -0.140. The van der Waals surface area contributed by atoms with Crippen molar-refractivity contribution in [3.63, 3.8) is 0 Å². The van der Waals surface area contributed by atoms with Gasteiger partial charge >= 0.3 is 5.69 Å². The van der Waals surface area contributed by atoms with Crippen molar-refractivity contribution in [2.45, 2.75) is 0 Å². The lowest BCUT2D eigenvalue weighted by Crippen LogP contribution is -2.20. The Kier molecular flexibility index (Phi) is 3.87. The van der Waals surface area contributed by atoms with Gasteiger partial charge in [-0.15, -0.1) is 0 Å². The average Bonchev–Trinajstić information content (AvgIpc) is 3.04. The van der Waals surface area contributed by atoms with E-state index in [-0.39, 0.29) is 5.69 Å². The van der Waals surface area contributed by atoms with E-state index in [9.17, 15) is 4.79 Å². The molecule has 0 aliphatic carbocycles. The minimum absolute atomic E-state index is 0.140. The van der Waals surface area contributed by atoms with Gasteiger partial charge in [-0.05, 0) is 35.9 Å². The number of rotatable bonds is 3. The van der Waals surface area contributed by atoms with E-state index in [0.29, 0.717) is 11.6 Å². The second kappa shape index (κ2) is 6.56. The first kappa shape index (κ1) is 17.1. The van der Waals surface area contributed by atoms with Crippen molar-refractivity contribution in [3.05, 3.63) is 77.7 Å². The number of pyridine rings is 3. The Hall–Kier alpha value is -4.00. The highest BCUT2D eigenvalue weighted by Crippen LogP contribution is 2.29. The van der Waals surface area contributed by atoms with Gasteiger partial charge < -0.3 is 4.74 Å². The fourth-order valence-corrected chi connectivity index (χ4v) is 3.57. The molecule has 0 N–H and O–H groups in total. The van der Waals surface area contributed by atoms with Crippen LogP contribution >= 0.6 is 0 Å². The normalized spacial score (nSPS) is 11.2. The Morgan fingerprint density at radius 2 is 1.83 bits per heavy atom. The lowest BCUT2D eigenvalue weighted by molar-refractivity contribution is 0.398. The van der Waals surface area contributed by atoms with Crippen molar-refractivity contribution in [2.75, 3.05) is 7.11 Å². The van der Waals surface area contributed by atoms with Crippen molar-refractivity contribution < 1.29 is 4.74 Å². The molecule has 29 heavy (non-hydrogen) atoms. The van der Waals surface area contributed by atoms with Gasteiger partial charge in [0.25, 0.3) is 0 Å². The van der Waals surface area contributed by atoms with Crippen LogP contribution in [0.4, 0.5) is 0 Å². The van der Waals surface area contributed by atoms with E-state index in [2.05, 4.69) is 15.0 Å². The standard InChI is InChI=1S/C22H17N5O2/c1-26-19-13-24-18-7-5-14(15-6-8-20(29-2)25-11-15)10-17(18)21(19)27(22(26)28)16-4-3-9-23-12-16/h3-13H,1-2H3. The molecule has 5 rings (SSSR count). The van der Waals surface area contributed by atoms with E-state index in [1.54, 1.807) is 48.1 Å². The summed E-state index contributed by atoms with van der Waals surface area (Å²) >= 11 is 0. The molecule has 0 bridgehead atoms. The molecular formula is C22H17N5O2. The summed E-state index contributed by atoms with van der Waals surface area (Å²) in [7, 11) is 3.34. The number of hydrogen-bond donors (Lipinski definition) is 0. The summed E-state index contributed by atoms with van der Waals surface area (Å²) in [6.07, 6.45) is 6.88. The van der Waals surface area contributed by atoms with Gasteiger partial charge in [-0.3, -0.25) is 19.1 Å². The van der Waals surface area contributed by atoms with Crippen molar-refractivity contribution in [3.8, 4) is 22.7 Å². The number of benzene rings is 1. The Bertz CT molecular complexity index is 1400.